The standard InChI is InChI=1S/C10H10ClN5O/c11-8-3-2-7-10(13-8)15-16(14-7)6-1-4-9(17)12-5-6/h2-3,6H,1,4-5H2,(H,12,17). The van der Waals surface area contributed by atoms with Gasteiger partial charge in [-0.3, -0.25) is 4.79 Å². The molecule has 88 valence electrons. The van der Waals surface area contributed by atoms with Crippen LogP contribution in [0, 0.1) is 0 Å². The van der Waals surface area contributed by atoms with E-state index in [1.54, 1.807) is 16.9 Å². The zero-order valence-corrected chi connectivity index (χ0v) is 9.68. The van der Waals surface area contributed by atoms with Crippen LogP contribution in [0.3, 0.4) is 0 Å². The van der Waals surface area contributed by atoms with Crippen molar-refractivity contribution in [3.8, 4) is 0 Å². The van der Waals surface area contributed by atoms with Gasteiger partial charge in [-0.15, -0.1) is 5.10 Å². The second-order valence-corrected chi connectivity index (χ2v) is 4.38. The number of hydrogen-bond donors (Lipinski definition) is 1. The van der Waals surface area contributed by atoms with Gasteiger partial charge >= 0.3 is 0 Å². The van der Waals surface area contributed by atoms with Gasteiger partial charge in [-0.05, 0) is 18.6 Å². The average Bonchev–Trinajstić information content (AvgIpc) is 2.72. The zero-order chi connectivity index (χ0) is 11.8. The first-order chi connectivity index (χ1) is 8.22. The van der Waals surface area contributed by atoms with Gasteiger partial charge in [-0.2, -0.15) is 9.90 Å². The molecule has 0 aliphatic carbocycles. The zero-order valence-electron chi connectivity index (χ0n) is 8.93. The number of fused-ring (bicyclic) bond motifs is 1. The molecule has 0 saturated carbocycles. The van der Waals surface area contributed by atoms with Crippen molar-refractivity contribution in [2.45, 2.75) is 18.9 Å². The number of aromatic nitrogens is 4. The lowest BCUT2D eigenvalue weighted by atomic mass is 10.1. The van der Waals surface area contributed by atoms with E-state index in [4.69, 9.17) is 11.6 Å². The summed E-state index contributed by atoms with van der Waals surface area (Å²) in [5, 5.41) is 11.8. The highest BCUT2D eigenvalue weighted by Crippen LogP contribution is 2.18. The number of carbonyl (C=O) groups is 1. The molecule has 1 saturated heterocycles. The summed E-state index contributed by atoms with van der Waals surface area (Å²) >= 11 is 5.79. The fourth-order valence-corrected chi connectivity index (χ4v) is 2.02. The molecule has 7 heteroatoms. The maximum atomic E-state index is 11.1. The van der Waals surface area contributed by atoms with Gasteiger partial charge in [0.05, 0.1) is 6.04 Å². The summed E-state index contributed by atoms with van der Waals surface area (Å²) < 4.78 is 0. The van der Waals surface area contributed by atoms with E-state index in [1.165, 1.54) is 0 Å². The van der Waals surface area contributed by atoms with Crippen molar-refractivity contribution < 1.29 is 4.79 Å². The molecular weight excluding hydrogens is 242 g/mol. The van der Waals surface area contributed by atoms with Crippen LogP contribution < -0.4 is 5.32 Å². The second kappa shape index (κ2) is 3.96. The average molecular weight is 252 g/mol. The van der Waals surface area contributed by atoms with Gasteiger partial charge in [0.1, 0.15) is 10.7 Å². The Morgan fingerprint density at radius 3 is 3.06 bits per heavy atom. The fourth-order valence-electron chi connectivity index (χ4n) is 1.88. The molecule has 1 unspecified atom stereocenters. The lowest BCUT2D eigenvalue weighted by molar-refractivity contribution is -0.122. The van der Waals surface area contributed by atoms with Crippen LogP contribution in [0.25, 0.3) is 11.2 Å². The van der Waals surface area contributed by atoms with Crippen LogP contribution in [0.5, 0.6) is 0 Å². The summed E-state index contributed by atoms with van der Waals surface area (Å²) in [6, 6.07) is 3.57. The molecule has 3 heterocycles. The van der Waals surface area contributed by atoms with Crippen molar-refractivity contribution in [1.29, 1.82) is 0 Å². The molecule has 0 radical (unpaired) electrons. The summed E-state index contributed by atoms with van der Waals surface area (Å²) in [6.07, 6.45) is 1.26. The number of nitrogens with zero attached hydrogens (tertiary/aromatic N) is 4. The van der Waals surface area contributed by atoms with Crippen molar-refractivity contribution >= 4 is 28.7 Å². The Morgan fingerprint density at radius 2 is 2.29 bits per heavy atom. The number of pyridine rings is 1. The van der Waals surface area contributed by atoms with E-state index in [-0.39, 0.29) is 11.9 Å². The van der Waals surface area contributed by atoms with Gasteiger partial charge in [0, 0.05) is 13.0 Å². The molecular formula is C10H10ClN5O. The van der Waals surface area contributed by atoms with Gasteiger partial charge in [-0.25, -0.2) is 4.98 Å². The number of carbonyl (C=O) groups excluding carboxylic acids is 1. The monoisotopic (exact) mass is 251 g/mol. The third kappa shape index (κ3) is 1.95. The van der Waals surface area contributed by atoms with Crippen LogP contribution in [-0.2, 0) is 4.79 Å². The summed E-state index contributed by atoms with van der Waals surface area (Å²) in [5.41, 5.74) is 1.25. The maximum Gasteiger partial charge on any atom is 0.220 e. The van der Waals surface area contributed by atoms with Gasteiger partial charge in [-0.1, -0.05) is 11.6 Å². The molecule has 0 spiro atoms. The van der Waals surface area contributed by atoms with Gasteiger partial charge in [0.25, 0.3) is 0 Å². The molecule has 0 aromatic carbocycles. The van der Waals surface area contributed by atoms with Gasteiger partial charge in [0.2, 0.25) is 11.6 Å². The molecule has 0 bridgehead atoms. The Bertz CT molecular complexity index is 571. The first kappa shape index (κ1) is 10.5. The van der Waals surface area contributed by atoms with Crippen LogP contribution in [0.1, 0.15) is 18.9 Å². The maximum absolute atomic E-state index is 11.1. The molecule has 1 N–H and O–H groups in total. The van der Waals surface area contributed by atoms with Gasteiger partial charge in [0.15, 0.2) is 0 Å². The Balaban J connectivity index is 1.92. The van der Waals surface area contributed by atoms with E-state index >= 15 is 0 Å². The minimum atomic E-state index is 0.0825. The first-order valence-corrected chi connectivity index (χ1v) is 5.76. The highest BCUT2D eigenvalue weighted by Gasteiger charge is 2.21. The van der Waals surface area contributed by atoms with E-state index in [1.807, 2.05) is 0 Å². The largest absolute Gasteiger partial charge is 0.354 e. The second-order valence-electron chi connectivity index (χ2n) is 3.99. The number of rotatable bonds is 1. The predicted octanol–water partition coefficient (Wildman–Crippen LogP) is 0.931. The number of piperidine rings is 1. The number of amides is 1. The third-order valence-corrected chi connectivity index (χ3v) is 3.00. The number of nitrogens with one attached hydrogen (secondary N) is 1. The molecule has 1 aliphatic rings. The molecule has 1 amide bonds. The highest BCUT2D eigenvalue weighted by atomic mass is 35.5. The van der Waals surface area contributed by atoms with E-state index in [2.05, 4.69) is 20.5 Å². The van der Waals surface area contributed by atoms with Crippen molar-refractivity contribution in [2.24, 2.45) is 0 Å². The summed E-state index contributed by atoms with van der Waals surface area (Å²) in [7, 11) is 0. The van der Waals surface area contributed by atoms with E-state index in [9.17, 15) is 4.79 Å². The molecule has 6 nitrogen and oxygen atoms in total. The summed E-state index contributed by atoms with van der Waals surface area (Å²) in [4.78, 5) is 16.8. The Morgan fingerprint density at radius 1 is 1.41 bits per heavy atom. The topological polar surface area (TPSA) is 72.7 Å². The number of hydrogen-bond acceptors (Lipinski definition) is 4. The summed E-state index contributed by atoms with van der Waals surface area (Å²) in [5.74, 6) is 0.0825. The molecule has 1 atom stereocenters. The lowest BCUT2D eigenvalue weighted by Crippen LogP contribution is -2.36. The van der Waals surface area contributed by atoms with Crippen LogP contribution in [0.4, 0.5) is 0 Å². The Hall–Kier alpha value is -1.69. The van der Waals surface area contributed by atoms with E-state index in [0.717, 1.165) is 6.42 Å². The Labute approximate surface area is 102 Å². The van der Waals surface area contributed by atoms with Crippen molar-refractivity contribution in [3.63, 3.8) is 0 Å². The molecule has 2 aromatic heterocycles. The van der Waals surface area contributed by atoms with Crippen molar-refractivity contribution in [3.05, 3.63) is 17.3 Å². The van der Waals surface area contributed by atoms with E-state index < -0.39 is 0 Å². The lowest BCUT2D eigenvalue weighted by Gasteiger charge is -2.21. The fraction of sp³-hybridized carbons (Fsp3) is 0.400. The molecule has 2 aromatic rings. The van der Waals surface area contributed by atoms with Crippen LogP contribution >= 0.6 is 11.6 Å². The van der Waals surface area contributed by atoms with Crippen molar-refractivity contribution in [2.75, 3.05) is 6.54 Å². The van der Waals surface area contributed by atoms with E-state index in [0.29, 0.717) is 29.3 Å². The van der Waals surface area contributed by atoms with Gasteiger partial charge < -0.3 is 5.32 Å². The highest BCUT2D eigenvalue weighted by molar-refractivity contribution is 6.29. The van der Waals surface area contributed by atoms with Crippen LogP contribution in [0.2, 0.25) is 5.15 Å². The van der Waals surface area contributed by atoms with Crippen LogP contribution in [0.15, 0.2) is 12.1 Å². The molecule has 1 aliphatic heterocycles. The molecule has 17 heavy (non-hydrogen) atoms. The normalized spacial score (nSPS) is 20.5. The minimum absolute atomic E-state index is 0.0825. The smallest absolute Gasteiger partial charge is 0.220 e. The Kier molecular flexibility index (Phi) is 2.44. The first-order valence-electron chi connectivity index (χ1n) is 5.38. The summed E-state index contributed by atoms with van der Waals surface area (Å²) in [6.45, 7) is 0.563. The third-order valence-electron chi connectivity index (χ3n) is 2.79. The van der Waals surface area contributed by atoms with Crippen LogP contribution in [-0.4, -0.2) is 32.4 Å². The quantitative estimate of drug-likeness (QED) is 0.766. The van der Waals surface area contributed by atoms with Crippen molar-refractivity contribution in [1.82, 2.24) is 25.3 Å². The SMILES string of the molecule is O=C1CCC(n2nc3ccc(Cl)nc3n2)CN1. The number of halogens is 1. The minimum Gasteiger partial charge on any atom is -0.354 e. The molecule has 3 rings (SSSR count). The predicted molar refractivity (Wildman–Crippen MR) is 61.6 cm³/mol. The molecule has 1 fully saturated rings.